The molecule has 6 rings (SSSR count). The number of carbonyl (C=O) groups excluding carboxylic acids is 3. The topological polar surface area (TPSA) is 81.1 Å². The monoisotopic (exact) mass is 691 g/mol. The number of methoxy groups -OCH3 is 1. The molecule has 1 aliphatic carbocycles. The third-order valence-corrected chi connectivity index (χ3v) is 10.1. The number of piperidine rings is 1. The molecular formula is C43H53N3O5. The van der Waals surface area contributed by atoms with E-state index in [-0.39, 0.29) is 29.7 Å². The molecule has 1 aliphatic heterocycles. The Labute approximate surface area is 302 Å². The Morgan fingerprint density at radius 1 is 0.922 bits per heavy atom. The lowest BCUT2D eigenvalue weighted by atomic mass is 9.79. The molecule has 270 valence electrons. The summed E-state index contributed by atoms with van der Waals surface area (Å²) in [6, 6.07) is 24.9. The molecule has 3 aromatic carbocycles. The van der Waals surface area contributed by atoms with Crippen molar-refractivity contribution in [3.63, 3.8) is 0 Å². The first kappa shape index (κ1) is 36.4. The van der Waals surface area contributed by atoms with Gasteiger partial charge in [-0.25, -0.2) is 4.79 Å². The van der Waals surface area contributed by atoms with Crippen molar-refractivity contribution in [2.75, 3.05) is 26.8 Å². The second-order valence-corrected chi connectivity index (χ2v) is 15.2. The van der Waals surface area contributed by atoms with Gasteiger partial charge in [-0.1, -0.05) is 73.7 Å². The van der Waals surface area contributed by atoms with Gasteiger partial charge >= 0.3 is 6.09 Å². The summed E-state index contributed by atoms with van der Waals surface area (Å²) in [7, 11) is 1.73. The Bertz CT molecular complexity index is 1830. The summed E-state index contributed by atoms with van der Waals surface area (Å²) in [4.78, 5) is 44.7. The minimum Gasteiger partial charge on any atom is -0.444 e. The van der Waals surface area contributed by atoms with Crippen LogP contribution in [0, 0.1) is 5.92 Å². The highest BCUT2D eigenvalue weighted by Crippen LogP contribution is 2.40. The molecule has 0 bridgehead atoms. The van der Waals surface area contributed by atoms with Crippen LogP contribution in [0.25, 0.3) is 22.0 Å². The number of aromatic nitrogens is 1. The minimum atomic E-state index is -0.629. The van der Waals surface area contributed by atoms with Gasteiger partial charge in [0, 0.05) is 75.0 Å². The molecule has 1 saturated carbocycles. The summed E-state index contributed by atoms with van der Waals surface area (Å²) in [6.07, 6.45) is 6.73. The van der Waals surface area contributed by atoms with Gasteiger partial charge in [-0.15, -0.1) is 0 Å². The number of fused-ring (bicyclic) bond motifs is 1. The number of nitrogens with zero attached hydrogens (tertiary/aromatic N) is 3. The lowest BCUT2D eigenvalue weighted by molar-refractivity contribution is -0.139. The van der Waals surface area contributed by atoms with Crippen molar-refractivity contribution in [2.45, 2.75) is 96.9 Å². The molecule has 51 heavy (non-hydrogen) atoms. The Kier molecular flexibility index (Phi) is 11.3. The lowest BCUT2D eigenvalue weighted by Crippen LogP contribution is -2.51. The molecule has 0 radical (unpaired) electrons. The highest BCUT2D eigenvalue weighted by molar-refractivity contribution is 5.96. The van der Waals surface area contributed by atoms with Crippen molar-refractivity contribution in [3.05, 3.63) is 95.7 Å². The van der Waals surface area contributed by atoms with Crippen LogP contribution in [-0.4, -0.2) is 70.6 Å². The highest BCUT2D eigenvalue weighted by atomic mass is 16.6. The normalized spacial score (nSPS) is 17.8. The average Bonchev–Trinajstić information content (AvgIpc) is 3.91. The molecule has 8 heteroatoms. The van der Waals surface area contributed by atoms with Crippen LogP contribution in [0.5, 0.6) is 0 Å². The fraction of sp³-hybridized carbons (Fsp3) is 0.465. The molecule has 0 spiro atoms. The number of carbonyl (C=O) groups is 3. The van der Waals surface area contributed by atoms with E-state index < -0.39 is 11.5 Å². The van der Waals surface area contributed by atoms with Gasteiger partial charge in [-0.3, -0.25) is 9.59 Å². The molecule has 0 N–H and O–H groups in total. The van der Waals surface area contributed by atoms with Crippen molar-refractivity contribution < 1.29 is 23.9 Å². The molecular weight excluding hydrogens is 638 g/mol. The van der Waals surface area contributed by atoms with Crippen LogP contribution in [0.4, 0.5) is 4.79 Å². The zero-order chi connectivity index (χ0) is 36.1. The van der Waals surface area contributed by atoms with Crippen molar-refractivity contribution in [1.29, 1.82) is 0 Å². The Morgan fingerprint density at radius 2 is 1.69 bits per heavy atom. The van der Waals surface area contributed by atoms with E-state index in [0.29, 0.717) is 39.1 Å². The van der Waals surface area contributed by atoms with Gasteiger partial charge in [0.2, 0.25) is 5.91 Å². The van der Waals surface area contributed by atoms with E-state index in [4.69, 9.17) is 9.47 Å². The first-order chi connectivity index (χ1) is 24.6. The van der Waals surface area contributed by atoms with E-state index in [1.54, 1.807) is 12.0 Å². The summed E-state index contributed by atoms with van der Waals surface area (Å²) < 4.78 is 13.4. The zero-order valence-corrected chi connectivity index (χ0v) is 30.9. The van der Waals surface area contributed by atoms with Gasteiger partial charge in [0.1, 0.15) is 5.60 Å². The van der Waals surface area contributed by atoms with E-state index in [2.05, 4.69) is 64.2 Å². The van der Waals surface area contributed by atoms with E-state index in [9.17, 15) is 14.4 Å². The molecule has 4 aromatic rings. The number of ketones is 1. The van der Waals surface area contributed by atoms with Crippen molar-refractivity contribution in [3.8, 4) is 11.1 Å². The van der Waals surface area contributed by atoms with Gasteiger partial charge < -0.3 is 23.8 Å². The number of amides is 2. The van der Waals surface area contributed by atoms with Crippen LogP contribution < -0.4 is 0 Å². The van der Waals surface area contributed by atoms with Crippen molar-refractivity contribution in [1.82, 2.24) is 14.4 Å². The van der Waals surface area contributed by atoms with Crippen molar-refractivity contribution >= 4 is 28.7 Å². The summed E-state index contributed by atoms with van der Waals surface area (Å²) in [5, 5.41) is 1.17. The van der Waals surface area contributed by atoms with Crippen molar-refractivity contribution in [2.24, 2.45) is 5.92 Å². The van der Waals surface area contributed by atoms with Crippen LogP contribution in [0.1, 0.15) is 93.6 Å². The van der Waals surface area contributed by atoms with Crippen LogP contribution in [0.2, 0.25) is 0 Å². The fourth-order valence-corrected chi connectivity index (χ4v) is 7.45. The molecule has 2 atom stereocenters. The molecule has 2 amide bonds. The van der Waals surface area contributed by atoms with Gasteiger partial charge in [-0.05, 0) is 87.1 Å². The Morgan fingerprint density at radius 3 is 2.39 bits per heavy atom. The zero-order valence-electron chi connectivity index (χ0n) is 30.9. The van der Waals surface area contributed by atoms with Crippen LogP contribution >= 0.6 is 0 Å². The number of aryl methyl sites for hydroxylation is 1. The van der Waals surface area contributed by atoms with Crippen LogP contribution in [-0.2, 0) is 27.4 Å². The molecule has 0 unspecified atom stereocenters. The number of Topliss-reactive ketones (excluding diaryl/α,β-unsaturated/α-hetero) is 1. The second-order valence-electron chi connectivity index (χ2n) is 15.2. The number of hydrogen-bond donors (Lipinski definition) is 0. The predicted octanol–water partition coefficient (Wildman–Crippen LogP) is 8.86. The molecule has 1 aromatic heterocycles. The second kappa shape index (κ2) is 15.9. The largest absolute Gasteiger partial charge is 0.444 e. The standard InChI is InChI=1S/C43H53N3O5/c1-6-11-40(47)31-18-16-30(17-19-31)32-12-9-13-33(26-32)36-22-24-45(42(49)51-43(2,3)4)29-38(36)41(48)46(35-20-21-35)28-34-27-44(23-10-25-50-5)39-15-8-7-14-37(34)39/h7-9,12-19,26-27,35-36,38H,6,10-11,20-25,28-29H2,1-5H3/t36-,38+/m1/s1. The predicted molar refractivity (Wildman–Crippen MR) is 202 cm³/mol. The average molecular weight is 692 g/mol. The number of para-hydroxylation sites is 1. The van der Waals surface area contributed by atoms with Crippen LogP contribution in [0.3, 0.4) is 0 Å². The maximum atomic E-state index is 15.0. The first-order valence-electron chi connectivity index (χ1n) is 18.6. The first-order valence-corrected chi connectivity index (χ1v) is 18.6. The number of hydrogen-bond acceptors (Lipinski definition) is 5. The Balaban J connectivity index is 1.31. The summed E-state index contributed by atoms with van der Waals surface area (Å²) in [5.74, 6) is -0.243. The third kappa shape index (κ3) is 8.73. The SMILES string of the molecule is CCCC(=O)c1ccc(-c2cccc([C@H]3CCN(C(=O)OC(C)(C)C)C[C@@H]3C(=O)N(Cc3cn(CCCOC)c4ccccc34)C3CC3)c2)cc1. The van der Waals surface area contributed by atoms with E-state index in [1.807, 2.05) is 52.0 Å². The molecule has 8 nitrogen and oxygen atoms in total. The summed E-state index contributed by atoms with van der Waals surface area (Å²) in [6.45, 7) is 10.5. The maximum absolute atomic E-state index is 15.0. The fourth-order valence-electron chi connectivity index (χ4n) is 7.45. The Hall–Kier alpha value is -4.43. The maximum Gasteiger partial charge on any atom is 0.410 e. The number of benzene rings is 3. The third-order valence-electron chi connectivity index (χ3n) is 10.1. The molecule has 2 heterocycles. The lowest BCUT2D eigenvalue weighted by Gasteiger charge is -2.40. The quantitative estimate of drug-likeness (QED) is 0.103. The number of ether oxygens (including phenoxy) is 2. The van der Waals surface area contributed by atoms with Gasteiger partial charge in [-0.2, -0.15) is 0 Å². The summed E-state index contributed by atoms with van der Waals surface area (Å²) >= 11 is 0. The molecule has 1 saturated heterocycles. The van der Waals surface area contributed by atoms with Crippen LogP contribution in [0.15, 0.2) is 79.0 Å². The van der Waals surface area contributed by atoms with E-state index in [1.165, 1.54) is 5.39 Å². The minimum absolute atomic E-state index is 0.0711. The van der Waals surface area contributed by atoms with Gasteiger partial charge in [0.15, 0.2) is 5.78 Å². The molecule has 2 aliphatic rings. The summed E-state index contributed by atoms with van der Waals surface area (Å²) in [5.41, 5.74) is 5.57. The van der Waals surface area contributed by atoms with E-state index >= 15 is 0 Å². The molecule has 2 fully saturated rings. The smallest absolute Gasteiger partial charge is 0.410 e. The van der Waals surface area contributed by atoms with Gasteiger partial charge in [0.05, 0.1) is 5.92 Å². The van der Waals surface area contributed by atoms with E-state index in [0.717, 1.165) is 65.6 Å². The van der Waals surface area contributed by atoms with Gasteiger partial charge in [0.25, 0.3) is 0 Å². The highest BCUT2D eigenvalue weighted by Gasteiger charge is 2.43. The number of likely N-dealkylation sites (tertiary alicyclic amines) is 1. The number of rotatable bonds is 13.